The summed E-state index contributed by atoms with van der Waals surface area (Å²) in [5.41, 5.74) is 1.39. The number of aryl methyl sites for hydroxylation is 1. The van der Waals surface area contributed by atoms with Crippen LogP contribution in [0.4, 0.5) is 0 Å². The van der Waals surface area contributed by atoms with Gasteiger partial charge in [-0.2, -0.15) is 0 Å². The van der Waals surface area contributed by atoms with Gasteiger partial charge in [0.2, 0.25) is 0 Å². The number of nitrogens with one attached hydrogen (secondary N) is 1. The first kappa shape index (κ1) is 9.64. The fraction of sp³-hybridized carbons (Fsp3) is 0.750. The maximum absolute atomic E-state index is 5.42. The Morgan fingerprint density at radius 1 is 1.40 bits per heavy atom. The third-order valence-electron chi connectivity index (χ3n) is 3.76. The van der Waals surface area contributed by atoms with Gasteiger partial charge in [0, 0.05) is 17.9 Å². The zero-order valence-corrected chi connectivity index (χ0v) is 10.0. The topological polar surface area (TPSA) is 20.7 Å². The van der Waals surface area contributed by atoms with Crippen molar-refractivity contribution < 1.29 is 0 Å². The van der Waals surface area contributed by atoms with Crippen molar-refractivity contribution >= 4 is 12.2 Å². The van der Waals surface area contributed by atoms with Crippen LogP contribution in [0.2, 0.25) is 0 Å². The summed E-state index contributed by atoms with van der Waals surface area (Å²) < 4.78 is 3.36. The molecule has 82 valence electrons. The minimum absolute atomic E-state index is 0.721. The van der Waals surface area contributed by atoms with Crippen molar-refractivity contribution in [3.63, 3.8) is 0 Å². The quantitative estimate of drug-likeness (QED) is 0.774. The Bertz CT molecular complexity index is 398. The first-order valence-electron chi connectivity index (χ1n) is 6.10. The largest absolute Gasteiger partial charge is 0.337 e. The zero-order valence-electron chi connectivity index (χ0n) is 9.20. The molecular weight excluding hydrogens is 204 g/mol. The molecule has 3 heteroatoms. The molecule has 0 atom stereocenters. The van der Waals surface area contributed by atoms with E-state index in [9.17, 15) is 0 Å². The van der Waals surface area contributed by atoms with Crippen LogP contribution in [0, 0.1) is 16.6 Å². The summed E-state index contributed by atoms with van der Waals surface area (Å²) in [7, 11) is 0. The number of hydrogen-bond donors (Lipinski definition) is 1. The molecule has 0 spiro atoms. The summed E-state index contributed by atoms with van der Waals surface area (Å²) in [5, 5.41) is 0. The first-order chi connectivity index (χ1) is 7.31. The van der Waals surface area contributed by atoms with Crippen LogP contribution >= 0.6 is 12.2 Å². The van der Waals surface area contributed by atoms with Crippen molar-refractivity contribution in [1.29, 1.82) is 0 Å². The van der Waals surface area contributed by atoms with E-state index in [2.05, 4.69) is 22.7 Å². The van der Waals surface area contributed by atoms with Crippen molar-refractivity contribution in [3.8, 4) is 0 Å². The highest BCUT2D eigenvalue weighted by atomic mass is 32.1. The van der Waals surface area contributed by atoms with Crippen LogP contribution in [0.15, 0.2) is 6.20 Å². The highest BCUT2D eigenvalue weighted by Gasteiger charge is 2.43. The Kier molecular flexibility index (Phi) is 2.23. The lowest BCUT2D eigenvalue weighted by molar-refractivity contribution is 0.382. The van der Waals surface area contributed by atoms with Gasteiger partial charge in [0.05, 0.1) is 0 Å². The van der Waals surface area contributed by atoms with E-state index in [1.807, 2.05) is 0 Å². The Hall–Kier alpha value is -0.570. The van der Waals surface area contributed by atoms with E-state index in [0.29, 0.717) is 0 Å². The third-order valence-corrected chi connectivity index (χ3v) is 4.08. The number of H-pyrrole nitrogens is 1. The van der Waals surface area contributed by atoms with E-state index in [1.165, 1.54) is 31.4 Å². The zero-order chi connectivity index (χ0) is 10.4. The van der Waals surface area contributed by atoms with Crippen LogP contribution in [0.5, 0.6) is 0 Å². The molecule has 2 aliphatic rings. The van der Waals surface area contributed by atoms with Gasteiger partial charge < -0.3 is 9.55 Å². The highest BCUT2D eigenvalue weighted by molar-refractivity contribution is 7.71. The van der Waals surface area contributed by atoms with Gasteiger partial charge in [-0.25, -0.2) is 0 Å². The van der Waals surface area contributed by atoms with E-state index >= 15 is 0 Å². The van der Waals surface area contributed by atoms with Crippen LogP contribution in [0.25, 0.3) is 0 Å². The normalized spacial score (nSPS) is 21.2. The molecule has 2 aliphatic carbocycles. The van der Waals surface area contributed by atoms with Crippen LogP contribution in [-0.4, -0.2) is 9.55 Å². The van der Waals surface area contributed by atoms with E-state index in [1.54, 1.807) is 0 Å². The van der Waals surface area contributed by atoms with Crippen molar-refractivity contribution in [2.75, 3.05) is 0 Å². The molecule has 0 aromatic carbocycles. The van der Waals surface area contributed by atoms with Crippen molar-refractivity contribution in [1.82, 2.24) is 9.55 Å². The molecule has 1 N–H and O–H groups in total. The van der Waals surface area contributed by atoms with E-state index in [4.69, 9.17) is 12.2 Å². The summed E-state index contributed by atoms with van der Waals surface area (Å²) in [6, 6.07) is 0.721. The summed E-state index contributed by atoms with van der Waals surface area (Å²) in [6.07, 6.45) is 8.84. The number of nitrogens with zero attached hydrogens (tertiary/aromatic N) is 1. The molecule has 0 amide bonds. The number of aromatic amines is 1. The summed E-state index contributed by atoms with van der Waals surface area (Å²) in [4.78, 5) is 3.21. The second kappa shape index (κ2) is 3.48. The minimum atomic E-state index is 0.721. The second-order valence-electron chi connectivity index (χ2n) is 4.97. The Labute approximate surface area is 95.7 Å². The predicted molar refractivity (Wildman–Crippen MR) is 63.5 cm³/mol. The Morgan fingerprint density at radius 3 is 2.47 bits per heavy atom. The average Bonchev–Trinajstić information content (AvgIpc) is 3.10. The summed E-state index contributed by atoms with van der Waals surface area (Å²) >= 11 is 5.42. The van der Waals surface area contributed by atoms with Gasteiger partial charge in [-0.05, 0) is 56.2 Å². The van der Waals surface area contributed by atoms with Gasteiger partial charge in [-0.1, -0.05) is 6.92 Å². The van der Waals surface area contributed by atoms with Gasteiger partial charge in [-0.15, -0.1) is 0 Å². The lowest BCUT2D eigenvalue weighted by Gasteiger charge is -2.20. The standard InChI is InChI=1S/C12H18N2S/c1-2-10-7-13-12(15)14(10)11(8-3-4-8)9-5-6-9/h7-9,11H,2-6H2,1H3,(H,13,15). The fourth-order valence-electron chi connectivity index (χ4n) is 2.70. The molecule has 0 saturated heterocycles. The molecule has 0 radical (unpaired) electrons. The number of aromatic nitrogens is 2. The van der Waals surface area contributed by atoms with Crippen molar-refractivity contribution in [2.45, 2.75) is 45.1 Å². The van der Waals surface area contributed by atoms with Gasteiger partial charge in [0.25, 0.3) is 0 Å². The monoisotopic (exact) mass is 222 g/mol. The molecule has 15 heavy (non-hydrogen) atoms. The molecule has 0 unspecified atom stereocenters. The predicted octanol–water partition coefficient (Wildman–Crippen LogP) is 3.47. The third kappa shape index (κ3) is 1.67. The summed E-state index contributed by atoms with van der Waals surface area (Å²) in [6.45, 7) is 2.21. The first-order valence-corrected chi connectivity index (χ1v) is 6.51. The Morgan fingerprint density at radius 2 is 2.00 bits per heavy atom. The molecule has 2 fully saturated rings. The second-order valence-corrected chi connectivity index (χ2v) is 5.36. The fourth-order valence-corrected chi connectivity index (χ4v) is 2.99. The maximum atomic E-state index is 5.42. The summed E-state index contributed by atoms with van der Waals surface area (Å²) in [5.74, 6) is 1.84. The smallest absolute Gasteiger partial charge is 0.177 e. The molecule has 1 aromatic heterocycles. The minimum Gasteiger partial charge on any atom is -0.337 e. The molecule has 2 nitrogen and oxygen atoms in total. The number of hydrogen-bond acceptors (Lipinski definition) is 1. The molecule has 3 rings (SSSR count). The van der Waals surface area contributed by atoms with Crippen molar-refractivity contribution in [2.24, 2.45) is 11.8 Å². The van der Waals surface area contributed by atoms with E-state index in [-0.39, 0.29) is 0 Å². The lowest BCUT2D eigenvalue weighted by Crippen LogP contribution is -2.16. The van der Waals surface area contributed by atoms with Gasteiger partial charge in [0.1, 0.15) is 0 Å². The molecule has 2 saturated carbocycles. The van der Waals surface area contributed by atoms with Crippen LogP contribution in [-0.2, 0) is 6.42 Å². The van der Waals surface area contributed by atoms with Gasteiger partial charge >= 0.3 is 0 Å². The van der Waals surface area contributed by atoms with Crippen LogP contribution in [0.3, 0.4) is 0 Å². The highest BCUT2D eigenvalue weighted by Crippen LogP contribution is 2.52. The van der Waals surface area contributed by atoms with Gasteiger partial charge in [0.15, 0.2) is 4.77 Å². The van der Waals surface area contributed by atoms with Gasteiger partial charge in [-0.3, -0.25) is 0 Å². The molecule has 0 aliphatic heterocycles. The number of imidazole rings is 1. The molecular formula is C12H18N2S. The van der Waals surface area contributed by atoms with Crippen LogP contribution < -0.4 is 0 Å². The van der Waals surface area contributed by atoms with E-state index in [0.717, 1.165) is 29.1 Å². The SMILES string of the molecule is CCc1c[nH]c(=S)n1C(C1CC1)C1CC1. The molecule has 1 heterocycles. The average molecular weight is 222 g/mol. The Balaban J connectivity index is 2.00. The number of rotatable bonds is 4. The maximum Gasteiger partial charge on any atom is 0.177 e. The lowest BCUT2D eigenvalue weighted by atomic mass is 10.1. The van der Waals surface area contributed by atoms with Crippen LogP contribution in [0.1, 0.15) is 44.3 Å². The molecule has 0 bridgehead atoms. The van der Waals surface area contributed by atoms with E-state index < -0.39 is 0 Å². The molecule has 1 aromatic rings. The van der Waals surface area contributed by atoms with Crippen molar-refractivity contribution in [3.05, 3.63) is 16.7 Å².